The Kier molecular flexibility index (Phi) is 2.40. The highest BCUT2D eigenvalue weighted by Gasteiger charge is 2.37. The summed E-state index contributed by atoms with van der Waals surface area (Å²) in [6, 6.07) is 4.70. The number of sulfonamides is 1. The Bertz CT molecular complexity index is 666. The van der Waals surface area contributed by atoms with Crippen LogP contribution in [0.3, 0.4) is 0 Å². The molecule has 6 nitrogen and oxygen atoms in total. The van der Waals surface area contributed by atoms with Crippen LogP contribution in [0.1, 0.15) is 6.42 Å². The first kappa shape index (κ1) is 11.0. The van der Waals surface area contributed by atoms with Crippen molar-refractivity contribution in [1.82, 2.24) is 13.5 Å². The number of rotatable bonds is 3. The minimum Gasteiger partial charge on any atom is -0.326 e. The van der Waals surface area contributed by atoms with E-state index in [1.807, 2.05) is 0 Å². The average molecular weight is 270 g/mol. The minimum absolute atomic E-state index is 0.0717. The van der Waals surface area contributed by atoms with Gasteiger partial charge in [0.05, 0.1) is 11.7 Å². The lowest BCUT2D eigenvalue weighted by Crippen LogP contribution is -2.29. The molecule has 1 saturated carbocycles. The fourth-order valence-corrected chi connectivity index (χ4v) is 3.68. The van der Waals surface area contributed by atoms with Crippen molar-refractivity contribution in [3.8, 4) is 0 Å². The van der Waals surface area contributed by atoms with E-state index in [0.29, 0.717) is 17.5 Å². The lowest BCUT2D eigenvalue weighted by Gasteiger charge is -2.05. The molecule has 1 aromatic heterocycles. The number of hydrogen-bond donors (Lipinski definition) is 2. The zero-order valence-corrected chi connectivity index (χ0v) is 10.3. The van der Waals surface area contributed by atoms with Crippen LogP contribution in [-0.2, 0) is 10.0 Å². The van der Waals surface area contributed by atoms with Gasteiger partial charge in [-0.1, -0.05) is 6.07 Å². The van der Waals surface area contributed by atoms with Gasteiger partial charge in [0.25, 0.3) is 0 Å². The number of fused-ring (bicyclic) bond motifs is 1. The lowest BCUT2D eigenvalue weighted by atomic mass is 10.3. The molecule has 1 aliphatic rings. The van der Waals surface area contributed by atoms with E-state index >= 15 is 0 Å². The number of hydrogen-bond acceptors (Lipinski definition) is 6. The summed E-state index contributed by atoms with van der Waals surface area (Å²) in [7, 11) is -3.55. The number of nitrogens with zero attached hydrogens (tertiary/aromatic N) is 2. The summed E-state index contributed by atoms with van der Waals surface area (Å²) in [5.41, 5.74) is 6.60. The molecule has 3 rings (SSSR count). The molecule has 0 amide bonds. The zero-order chi connectivity index (χ0) is 12.0. The highest BCUT2D eigenvalue weighted by atomic mass is 32.2. The smallest absolute Gasteiger partial charge is 0.243 e. The molecular formula is C9H10N4O2S2. The fraction of sp³-hybridized carbons (Fsp3) is 0.333. The SMILES string of the molecule is NC1CC1NS(=O)(=O)c1cccc2nsnc12. The molecule has 0 aliphatic heterocycles. The zero-order valence-electron chi connectivity index (χ0n) is 8.70. The summed E-state index contributed by atoms with van der Waals surface area (Å²) in [5, 5.41) is 0. The summed E-state index contributed by atoms with van der Waals surface area (Å²) in [6.45, 7) is 0. The molecule has 3 N–H and O–H groups in total. The fourth-order valence-electron chi connectivity index (χ4n) is 1.61. The standard InChI is InChI=1S/C9H10N4O2S2/c10-5-4-7(5)13-17(14,15)8-3-1-2-6-9(8)12-16-11-6/h1-3,5,7,13H,4,10H2. The van der Waals surface area contributed by atoms with E-state index in [1.54, 1.807) is 12.1 Å². The molecule has 0 bridgehead atoms. The van der Waals surface area contributed by atoms with E-state index in [-0.39, 0.29) is 17.0 Å². The van der Waals surface area contributed by atoms with Crippen molar-refractivity contribution in [1.29, 1.82) is 0 Å². The second-order valence-corrected chi connectivity index (χ2v) is 6.23. The van der Waals surface area contributed by atoms with Gasteiger partial charge in [0.1, 0.15) is 15.9 Å². The molecule has 90 valence electrons. The van der Waals surface area contributed by atoms with Gasteiger partial charge >= 0.3 is 0 Å². The molecule has 1 aromatic carbocycles. The van der Waals surface area contributed by atoms with Crippen molar-refractivity contribution in [3.63, 3.8) is 0 Å². The normalized spacial score (nSPS) is 24.1. The molecular weight excluding hydrogens is 260 g/mol. The molecule has 2 aromatic rings. The predicted octanol–water partition coefficient (Wildman–Crippen LogP) is 0.0692. The van der Waals surface area contributed by atoms with Crippen molar-refractivity contribution in [2.24, 2.45) is 5.73 Å². The Labute approximate surface area is 102 Å². The highest BCUT2D eigenvalue weighted by molar-refractivity contribution is 7.89. The van der Waals surface area contributed by atoms with Crippen molar-refractivity contribution in [3.05, 3.63) is 18.2 Å². The first-order chi connectivity index (χ1) is 8.08. The summed E-state index contributed by atoms with van der Waals surface area (Å²) in [6.07, 6.45) is 0.685. The van der Waals surface area contributed by atoms with Crippen molar-refractivity contribution < 1.29 is 8.42 Å². The third-order valence-corrected chi connectivity index (χ3v) is 4.75. The predicted molar refractivity (Wildman–Crippen MR) is 64.1 cm³/mol. The number of nitrogens with one attached hydrogen (secondary N) is 1. The van der Waals surface area contributed by atoms with Gasteiger partial charge in [-0.15, -0.1) is 0 Å². The van der Waals surface area contributed by atoms with E-state index in [4.69, 9.17) is 5.73 Å². The van der Waals surface area contributed by atoms with E-state index in [1.165, 1.54) is 6.07 Å². The Balaban J connectivity index is 2.05. The molecule has 0 radical (unpaired) electrons. The second kappa shape index (κ2) is 3.70. The quantitative estimate of drug-likeness (QED) is 0.822. The lowest BCUT2D eigenvalue weighted by molar-refractivity contribution is 0.580. The van der Waals surface area contributed by atoms with Crippen LogP contribution in [0.5, 0.6) is 0 Å². The van der Waals surface area contributed by atoms with Crippen LogP contribution in [0.2, 0.25) is 0 Å². The summed E-state index contributed by atoms with van der Waals surface area (Å²) in [5.74, 6) is 0. The van der Waals surface area contributed by atoms with Gasteiger partial charge in [0, 0.05) is 12.1 Å². The van der Waals surface area contributed by atoms with Crippen LogP contribution in [0, 0.1) is 0 Å². The van der Waals surface area contributed by atoms with Crippen molar-refractivity contribution >= 4 is 32.8 Å². The van der Waals surface area contributed by atoms with Gasteiger partial charge in [-0.25, -0.2) is 13.1 Å². The van der Waals surface area contributed by atoms with Crippen LogP contribution < -0.4 is 10.5 Å². The monoisotopic (exact) mass is 270 g/mol. The summed E-state index contributed by atoms with van der Waals surface area (Å²) < 4.78 is 34.8. The molecule has 0 saturated heterocycles. The maximum Gasteiger partial charge on any atom is 0.243 e. The first-order valence-corrected chi connectivity index (χ1v) is 7.28. The Morgan fingerprint density at radius 1 is 1.41 bits per heavy atom. The summed E-state index contributed by atoms with van der Waals surface area (Å²) >= 11 is 1.00. The van der Waals surface area contributed by atoms with Crippen LogP contribution in [0.4, 0.5) is 0 Å². The average Bonchev–Trinajstić information content (AvgIpc) is 2.81. The van der Waals surface area contributed by atoms with Crippen LogP contribution in [-0.4, -0.2) is 29.2 Å². The van der Waals surface area contributed by atoms with Crippen LogP contribution in [0.15, 0.2) is 23.1 Å². The van der Waals surface area contributed by atoms with E-state index < -0.39 is 10.0 Å². The van der Waals surface area contributed by atoms with Gasteiger partial charge in [0.15, 0.2) is 0 Å². The number of aromatic nitrogens is 2. The summed E-state index contributed by atoms with van der Waals surface area (Å²) in [4.78, 5) is 0.169. The number of nitrogens with two attached hydrogens (primary N) is 1. The molecule has 1 fully saturated rings. The molecule has 2 unspecified atom stereocenters. The Morgan fingerprint density at radius 3 is 2.88 bits per heavy atom. The van der Waals surface area contributed by atoms with Crippen LogP contribution >= 0.6 is 11.7 Å². The van der Waals surface area contributed by atoms with Gasteiger partial charge in [0.2, 0.25) is 10.0 Å². The molecule has 1 heterocycles. The van der Waals surface area contributed by atoms with Crippen molar-refractivity contribution in [2.45, 2.75) is 23.4 Å². The number of benzene rings is 1. The van der Waals surface area contributed by atoms with Gasteiger partial charge in [-0.05, 0) is 18.6 Å². The first-order valence-electron chi connectivity index (χ1n) is 5.07. The van der Waals surface area contributed by atoms with Gasteiger partial charge in [-0.2, -0.15) is 8.75 Å². The van der Waals surface area contributed by atoms with E-state index in [2.05, 4.69) is 13.5 Å². The second-order valence-electron chi connectivity index (χ2n) is 4.02. The maximum atomic E-state index is 12.1. The third kappa shape index (κ3) is 1.93. The Hall–Kier alpha value is -1.09. The highest BCUT2D eigenvalue weighted by Crippen LogP contribution is 2.25. The van der Waals surface area contributed by atoms with Crippen molar-refractivity contribution in [2.75, 3.05) is 0 Å². The molecule has 8 heteroatoms. The van der Waals surface area contributed by atoms with Gasteiger partial charge < -0.3 is 5.73 Å². The van der Waals surface area contributed by atoms with Gasteiger partial charge in [-0.3, -0.25) is 0 Å². The van der Waals surface area contributed by atoms with Crippen LogP contribution in [0.25, 0.3) is 11.0 Å². The van der Waals surface area contributed by atoms with E-state index in [0.717, 1.165) is 11.7 Å². The largest absolute Gasteiger partial charge is 0.326 e. The maximum absolute atomic E-state index is 12.1. The minimum atomic E-state index is -3.55. The molecule has 17 heavy (non-hydrogen) atoms. The van der Waals surface area contributed by atoms with E-state index in [9.17, 15) is 8.42 Å². The Morgan fingerprint density at radius 2 is 2.18 bits per heavy atom. The molecule has 0 spiro atoms. The topological polar surface area (TPSA) is 98.0 Å². The third-order valence-electron chi connectivity index (χ3n) is 2.68. The molecule has 2 atom stereocenters. The molecule has 1 aliphatic carbocycles.